The highest BCUT2D eigenvalue weighted by Crippen LogP contribution is 2.25. The summed E-state index contributed by atoms with van der Waals surface area (Å²) in [5.41, 5.74) is 0. The molecule has 0 saturated carbocycles. The Bertz CT molecular complexity index is 205. The summed E-state index contributed by atoms with van der Waals surface area (Å²) in [6, 6.07) is 0. The van der Waals surface area contributed by atoms with E-state index < -0.39 is 0 Å². The molecule has 2 rings (SSSR count). The number of aliphatic hydroxyl groups excluding tert-OH is 1. The molecule has 1 fully saturated rings. The van der Waals surface area contributed by atoms with Gasteiger partial charge in [-0.15, -0.1) is 0 Å². The van der Waals surface area contributed by atoms with E-state index >= 15 is 0 Å². The molecule has 0 aromatic carbocycles. The quantitative estimate of drug-likeness (QED) is 0.547. The van der Waals surface area contributed by atoms with E-state index in [2.05, 4.69) is 0 Å². The zero-order chi connectivity index (χ0) is 6.97. The fourth-order valence-corrected chi connectivity index (χ4v) is 1.11. The van der Waals surface area contributed by atoms with Gasteiger partial charge < -0.3 is 14.6 Å². The molecule has 0 amide bonds. The van der Waals surface area contributed by atoms with E-state index in [1.165, 1.54) is 0 Å². The molecule has 2 aliphatic rings. The lowest BCUT2D eigenvalue weighted by atomic mass is 10.1. The largest absolute Gasteiger partial charge is 0.508 e. The van der Waals surface area contributed by atoms with Crippen LogP contribution in [0.1, 0.15) is 6.42 Å². The Morgan fingerprint density at radius 3 is 3.40 bits per heavy atom. The fourth-order valence-electron chi connectivity index (χ4n) is 1.11. The summed E-state index contributed by atoms with van der Waals surface area (Å²) < 4.78 is 10.2. The molecular weight excluding hydrogens is 132 g/mol. The van der Waals surface area contributed by atoms with Crippen molar-refractivity contribution < 1.29 is 14.6 Å². The van der Waals surface area contributed by atoms with E-state index in [1.54, 1.807) is 12.2 Å². The molecule has 1 heterocycles. The van der Waals surface area contributed by atoms with Crippen molar-refractivity contribution in [2.24, 2.45) is 0 Å². The zero-order valence-electron chi connectivity index (χ0n) is 5.41. The molecule has 0 bridgehead atoms. The molecule has 0 aromatic rings. The summed E-state index contributed by atoms with van der Waals surface area (Å²) in [6.45, 7) is 0.317. The van der Waals surface area contributed by atoms with E-state index in [0.717, 1.165) is 12.2 Å². The highest BCUT2D eigenvalue weighted by atomic mass is 16.7. The van der Waals surface area contributed by atoms with Gasteiger partial charge in [0.25, 0.3) is 0 Å². The number of hydrogen-bond acceptors (Lipinski definition) is 3. The minimum Gasteiger partial charge on any atom is -0.508 e. The number of aliphatic hydroxyl groups is 1. The Morgan fingerprint density at radius 2 is 2.50 bits per heavy atom. The molecule has 0 aromatic heterocycles. The van der Waals surface area contributed by atoms with Gasteiger partial charge in [-0.25, -0.2) is 0 Å². The number of ether oxygens (including phenoxy) is 2. The van der Waals surface area contributed by atoms with Crippen LogP contribution in [0, 0.1) is 0 Å². The van der Waals surface area contributed by atoms with Crippen molar-refractivity contribution >= 4 is 0 Å². The second-order valence-electron chi connectivity index (χ2n) is 2.33. The Labute approximate surface area is 58.6 Å². The number of fused-ring (bicyclic) bond motifs is 1. The maximum absolute atomic E-state index is 9.01. The lowest BCUT2D eigenvalue weighted by Crippen LogP contribution is -2.09. The molecule has 54 valence electrons. The summed E-state index contributed by atoms with van der Waals surface area (Å²) in [6.07, 6.45) is 4.10. The van der Waals surface area contributed by atoms with Gasteiger partial charge in [0.15, 0.2) is 6.79 Å². The number of rotatable bonds is 0. The normalized spacial score (nSPS) is 30.2. The highest BCUT2D eigenvalue weighted by molar-refractivity contribution is 5.23. The van der Waals surface area contributed by atoms with Gasteiger partial charge in [-0.1, -0.05) is 0 Å². The summed E-state index contributed by atoms with van der Waals surface area (Å²) in [7, 11) is 0. The molecule has 1 aliphatic heterocycles. The zero-order valence-corrected chi connectivity index (χ0v) is 5.41. The molecule has 1 atom stereocenters. The minimum absolute atomic E-state index is 0.0518. The third-order valence-electron chi connectivity index (χ3n) is 1.64. The first-order chi connectivity index (χ1) is 4.86. The molecule has 1 N–H and O–H groups in total. The maximum Gasteiger partial charge on any atom is 0.189 e. The van der Waals surface area contributed by atoms with Gasteiger partial charge in [-0.05, 0) is 6.08 Å². The first-order valence-corrected chi connectivity index (χ1v) is 3.21. The highest BCUT2D eigenvalue weighted by Gasteiger charge is 2.25. The van der Waals surface area contributed by atoms with Crippen LogP contribution in [0.25, 0.3) is 0 Å². The SMILES string of the molecule is OC1=CCC2OCOC2=C1. The first kappa shape index (κ1) is 5.80. The van der Waals surface area contributed by atoms with Crippen LogP contribution in [0.5, 0.6) is 0 Å². The smallest absolute Gasteiger partial charge is 0.189 e. The molecular formula is C7H8O3. The molecule has 1 unspecified atom stereocenters. The monoisotopic (exact) mass is 140 g/mol. The molecule has 3 nitrogen and oxygen atoms in total. The van der Waals surface area contributed by atoms with Crippen molar-refractivity contribution in [3.05, 3.63) is 23.7 Å². The minimum atomic E-state index is 0.0518. The van der Waals surface area contributed by atoms with Crippen molar-refractivity contribution in [1.29, 1.82) is 0 Å². The lowest BCUT2D eigenvalue weighted by Gasteiger charge is -2.09. The van der Waals surface area contributed by atoms with E-state index in [-0.39, 0.29) is 11.9 Å². The molecule has 3 heteroatoms. The van der Waals surface area contributed by atoms with Crippen LogP contribution in [0.4, 0.5) is 0 Å². The Balaban J connectivity index is 2.24. The standard InChI is InChI=1S/C7H8O3/c8-5-1-2-6-7(3-5)10-4-9-6/h1,3,6,8H,2,4H2. The molecule has 1 saturated heterocycles. The van der Waals surface area contributed by atoms with Gasteiger partial charge in [0.05, 0.1) is 0 Å². The van der Waals surface area contributed by atoms with Crippen molar-refractivity contribution in [3.8, 4) is 0 Å². The van der Waals surface area contributed by atoms with Gasteiger partial charge in [0, 0.05) is 12.5 Å². The van der Waals surface area contributed by atoms with Crippen molar-refractivity contribution in [2.75, 3.05) is 6.79 Å². The van der Waals surface area contributed by atoms with E-state index in [9.17, 15) is 0 Å². The summed E-state index contributed by atoms with van der Waals surface area (Å²) in [4.78, 5) is 0. The summed E-state index contributed by atoms with van der Waals surface area (Å²) in [5.74, 6) is 1.02. The van der Waals surface area contributed by atoms with Crippen LogP contribution in [0.15, 0.2) is 23.7 Å². The van der Waals surface area contributed by atoms with Crippen LogP contribution in [0.2, 0.25) is 0 Å². The van der Waals surface area contributed by atoms with Crippen molar-refractivity contribution in [1.82, 2.24) is 0 Å². The van der Waals surface area contributed by atoms with Crippen LogP contribution in [-0.2, 0) is 9.47 Å². The lowest BCUT2D eigenvalue weighted by molar-refractivity contribution is 0.0508. The topological polar surface area (TPSA) is 38.7 Å². The van der Waals surface area contributed by atoms with Gasteiger partial charge in [-0.2, -0.15) is 0 Å². The average molecular weight is 140 g/mol. The third kappa shape index (κ3) is 0.789. The van der Waals surface area contributed by atoms with Gasteiger partial charge in [-0.3, -0.25) is 0 Å². The van der Waals surface area contributed by atoms with Gasteiger partial charge in [0.2, 0.25) is 0 Å². The van der Waals surface area contributed by atoms with Crippen LogP contribution >= 0.6 is 0 Å². The Hall–Kier alpha value is -0.960. The van der Waals surface area contributed by atoms with Crippen molar-refractivity contribution in [3.63, 3.8) is 0 Å². The predicted octanol–water partition coefficient (Wildman–Crippen LogP) is 1.09. The van der Waals surface area contributed by atoms with Crippen molar-refractivity contribution in [2.45, 2.75) is 12.5 Å². The van der Waals surface area contributed by atoms with Crippen LogP contribution in [-0.4, -0.2) is 18.0 Å². The van der Waals surface area contributed by atoms with Gasteiger partial charge >= 0.3 is 0 Å². The predicted molar refractivity (Wildman–Crippen MR) is 34.2 cm³/mol. The van der Waals surface area contributed by atoms with Crippen LogP contribution < -0.4 is 0 Å². The molecule has 10 heavy (non-hydrogen) atoms. The Kier molecular flexibility index (Phi) is 1.17. The number of allylic oxidation sites excluding steroid dienone is 1. The second-order valence-corrected chi connectivity index (χ2v) is 2.33. The van der Waals surface area contributed by atoms with E-state index in [0.29, 0.717) is 6.79 Å². The van der Waals surface area contributed by atoms with E-state index in [1.807, 2.05) is 0 Å². The Morgan fingerprint density at radius 1 is 1.60 bits per heavy atom. The third-order valence-corrected chi connectivity index (χ3v) is 1.64. The maximum atomic E-state index is 9.01. The van der Waals surface area contributed by atoms with E-state index in [4.69, 9.17) is 14.6 Å². The van der Waals surface area contributed by atoms with Gasteiger partial charge in [0.1, 0.15) is 17.6 Å². The molecule has 0 radical (unpaired) electrons. The average Bonchev–Trinajstić information content (AvgIpc) is 2.33. The number of hydrogen-bond donors (Lipinski definition) is 1. The first-order valence-electron chi connectivity index (χ1n) is 3.21. The van der Waals surface area contributed by atoms with Crippen LogP contribution in [0.3, 0.4) is 0 Å². The summed E-state index contributed by atoms with van der Waals surface area (Å²) in [5, 5.41) is 9.01. The summed E-state index contributed by atoms with van der Waals surface area (Å²) >= 11 is 0. The fraction of sp³-hybridized carbons (Fsp3) is 0.429. The molecule has 0 spiro atoms. The second kappa shape index (κ2) is 2.02. The molecule has 1 aliphatic carbocycles.